The van der Waals surface area contributed by atoms with Gasteiger partial charge in [0.25, 0.3) is 0 Å². The molecule has 0 unspecified atom stereocenters. The fourth-order valence-electron chi connectivity index (χ4n) is 3.27. The number of benzene rings is 1. The number of nitrogen functional groups attached to an aromatic ring is 1. The molecule has 152 valence electrons. The van der Waals surface area contributed by atoms with Crippen molar-refractivity contribution in [2.75, 3.05) is 17.6 Å². The summed E-state index contributed by atoms with van der Waals surface area (Å²) < 4.78 is 1.90. The maximum Gasteiger partial charge on any atom is 0.311 e. The standard InChI is InChI=1S/C21H21N7O2/c1-14-4-2-5-15(12-14)17-13-19-23-10-11-27(19)21(26-17)24-9-3-6-16-7-8-18(28(29)30)20(22)25-16/h2,4-5,7-8,10-13H,3,6,9H2,1H3,(H2,22,25)(H,24,26). The third kappa shape index (κ3) is 4.04. The van der Waals surface area contributed by atoms with Gasteiger partial charge in [0.05, 0.1) is 10.6 Å². The van der Waals surface area contributed by atoms with Crippen molar-refractivity contribution in [2.24, 2.45) is 0 Å². The third-order valence-corrected chi connectivity index (χ3v) is 4.75. The van der Waals surface area contributed by atoms with Crippen LogP contribution in [0.2, 0.25) is 0 Å². The van der Waals surface area contributed by atoms with Gasteiger partial charge in [-0.2, -0.15) is 0 Å². The van der Waals surface area contributed by atoms with Crippen LogP contribution in [-0.4, -0.2) is 30.8 Å². The van der Waals surface area contributed by atoms with Gasteiger partial charge >= 0.3 is 5.69 Å². The second-order valence-electron chi connectivity index (χ2n) is 6.98. The zero-order valence-corrected chi connectivity index (χ0v) is 16.4. The predicted octanol–water partition coefficient (Wildman–Crippen LogP) is 3.63. The third-order valence-electron chi connectivity index (χ3n) is 4.75. The number of aromatic nitrogens is 4. The number of imidazole rings is 1. The van der Waals surface area contributed by atoms with E-state index in [4.69, 9.17) is 10.7 Å². The first-order chi connectivity index (χ1) is 14.5. The highest BCUT2D eigenvalue weighted by molar-refractivity contribution is 5.66. The van der Waals surface area contributed by atoms with E-state index in [9.17, 15) is 10.1 Å². The summed E-state index contributed by atoms with van der Waals surface area (Å²) in [6.45, 7) is 2.70. The van der Waals surface area contributed by atoms with Crippen LogP contribution < -0.4 is 11.1 Å². The first-order valence-corrected chi connectivity index (χ1v) is 9.56. The highest BCUT2D eigenvalue weighted by Crippen LogP contribution is 2.23. The van der Waals surface area contributed by atoms with E-state index in [2.05, 4.69) is 34.3 Å². The van der Waals surface area contributed by atoms with E-state index in [-0.39, 0.29) is 11.5 Å². The van der Waals surface area contributed by atoms with E-state index in [0.717, 1.165) is 23.3 Å². The molecule has 0 aliphatic rings. The summed E-state index contributed by atoms with van der Waals surface area (Å²) in [5.74, 6) is 0.649. The van der Waals surface area contributed by atoms with Crippen molar-refractivity contribution >= 4 is 23.1 Å². The van der Waals surface area contributed by atoms with Crippen LogP contribution >= 0.6 is 0 Å². The van der Waals surface area contributed by atoms with Gasteiger partial charge in [0.15, 0.2) is 0 Å². The van der Waals surface area contributed by atoms with Crippen molar-refractivity contribution in [3.05, 3.63) is 76.2 Å². The molecule has 9 nitrogen and oxygen atoms in total. The minimum atomic E-state index is -0.531. The van der Waals surface area contributed by atoms with Crippen LogP contribution in [0.5, 0.6) is 0 Å². The lowest BCUT2D eigenvalue weighted by atomic mass is 10.1. The van der Waals surface area contributed by atoms with Gasteiger partial charge < -0.3 is 11.1 Å². The minimum absolute atomic E-state index is 0.0573. The van der Waals surface area contributed by atoms with Crippen LogP contribution in [0.25, 0.3) is 16.9 Å². The van der Waals surface area contributed by atoms with Crippen LogP contribution in [0.1, 0.15) is 17.7 Å². The van der Waals surface area contributed by atoms with Crippen molar-refractivity contribution < 1.29 is 4.92 Å². The lowest BCUT2D eigenvalue weighted by Gasteiger charge is -2.11. The summed E-state index contributed by atoms with van der Waals surface area (Å²) in [5, 5.41) is 14.2. The number of nitrogens with two attached hydrogens (primary N) is 1. The molecule has 0 bridgehead atoms. The van der Waals surface area contributed by atoms with Gasteiger partial charge in [-0.1, -0.05) is 23.8 Å². The summed E-state index contributed by atoms with van der Waals surface area (Å²) in [6.07, 6.45) is 5.01. The van der Waals surface area contributed by atoms with Crippen molar-refractivity contribution in [3.8, 4) is 11.3 Å². The molecule has 3 heterocycles. The normalized spacial score (nSPS) is 11.0. The number of aryl methyl sites for hydroxylation is 2. The molecule has 0 aliphatic heterocycles. The number of nitrogens with zero attached hydrogens (tertiary/aromatic N) is 5. The molecule has 0 fully saturated rings. The molecule has 4 aromatic rings. The lowest BCUT2D eigenvalue weighted by molar-refractivity contribution is -0.384. The van der Waals surface area contributed by atoms with Crippen molar-refractivity contribution in [1.82, 2.24) is 19.4 Å². The topological polar surface area (TPSA) is 124 Å². The number of anilines is 2. The van der Waals surface area contributed by atoms with Gasteiger partial charge in [0, 0.05) is 42.3 Å². The number of nitro groups is 1. The Morgan fingerprint density at radius 3 is 2.83 bits per heavy atom. The molecule has 30 heavy (non-hydrogen) atoms. The second kappa shape index (κ2) is 8.16. The monoisotopic (exact) mass is 403 g/mol. The fraction of sp³-hybridized carbons (Fsp3) is 0.190. The van der Waals surface area contributed by atoms with E-state index in [1.165, 1.54) is 11.6 Å². The Labute approximate surface area is 172 Å². The average molecular weight is 403 g/mol. The van der Waals surface area contributed by atoms with Gasteiger partial charge in [-0.3, -0.25) is 14.5 Å². The highest BCUT2D eigenvalue weighted by Gasteiger charge is 2.13. The summed E-state index contributed by atoms with van der Waals surface area (Å²) in [7, 11) is 0. The Balaban J connectivity index is 1.47. The zero-order chi connectivity index (χ0) is 21.1. The average Bonchev–Trinajstić information content (AvgIpc) is 3.20. The van der Waals surface area contributed by atoms with Crippen molar-refractivity contribution in [1.29, 1.82) is 0 Å². The summed E-state index contributed by atoms with van der Waals surface area (Å²) in [5.41, 5.74) is 10.1. The maximum absolute atomic E-state index is 10.8. The molecule has 0 amide bonds. The Kier molecular flexibility index (Phi) is 5.25. The molecule has 0 saturated heterocycles. The van der Waals surface area contributed by atoms with E-state index in [1.807, 2.05) is 28.8 Å². The quantitative estimate of drug-likeness (QED) is 0.274. The van der Waals surface area contributed by atoms with Crippen molar-refractivity contribution in [2.45, 2.75) is 19.8 Å². The summed E-state index contributed by atoms with van der Waals surface area (Å²) in [6, 6.07) is 13.2. The van der Waals surface area contributed by atoms with Crippen LogP contribution in [0, 0.1) is 17.0 Å². The van der Waals surface area contributed by atoms with Gasteiger partial charge in [-0.05, 0) is 31.9 Å². The molecule has 0 spiro atoms. The van der Waals surface area contributed by atoms with Crippen LogP contribution in [0.3, 0.4) is 0 Å². The molecule has 3 N–H and O–H groups in total. The number of pyridine rings is 1. The summed E-state index contributed by atoms with van der Waals surface area (Å²) >= 11 is 0. The predicted molar refractivity (Wildman–Crippen MR) is 115 cm³/mol. The number of rotatable bonds is 7. The largest absolute Gasteiger partial charge is 0.378 e. The molecule has 9 heteroatoms. The van der Waals surface area contributed by atoms with Crippen LogP contribution in [0.4, 0.5) is 17.5 Å². The van der Waals surface area contributed by atoms with Crippen molar-refractivity contribution in [3.63, 3.8) is 0 Å². The molecular weight excluding hydrogens is 382 g/mol. The van der Waals surface area contributed by atoms with E-state index in [0.29, 0.717) is 24.6 Å². The van der Waals surface area contributed by atoms with Gasteiger partial charge in [0.1, 0.15) is 5.65 Å². The molecule has 1 aromatic carbocycles. The van der Waals surface area contributed by atoms with Gasteiger partial charge in [-0.15, -0.1) is 0 Å². The summed E-state index contributed by atoms with van der Waals surface area (Å²) in [4.78, 5) is 23.6. The van der Waals surface area contributed by atoms with Crippen LogP contribution in [0.15, 0.2) is 54.9 Å². The molecule has 0 atom stereocenters. The highest BCUT2D eigenvalue weighted by atomic mass is 16.6. The van der Waals surface area contributed by atoms with Gasteiger partial charge in [-0.25, -0.2) is 15.0 Å². The molecule has 0 aliphatic carbocycles. The maximum atomic E-state index is 10.8. The lowest BCUT2D eigenvalue weighted by Crippen LogP contribution is -2.10. The first kappa shape index (κ1) is 19.3. The van der Waals surface area contributed by atoms with Gasteiger partial charge in [0.2, 0.25) is 11.8 Å². The fourth-order valence-corrected chi connectivity index (χ4v) is 3.27. The molecule has 4 rings (SSSR count). The molecular formula is C21H21N7O2. The Bertz CT molecular complexity index is 1220. The Morgan fingerprint density at radius 1 is 1.20 bits per heavy atom. The molecule has 0 radical (unpaired) electrons. The number of nitrogens with one attached hydrogen (secondary N) is 1. The number of hydrogen-bond acceptors (Lipinski definition) is 7. The number of fused-ring (bicyclic) bond motifs is 1. The minimum Gasteiger partial charge on any atom is -0.378 e. The second-order valence-corrected chi connectivity index (χ2v) is 6.98. The number of hydrogen-bond donors (Lipinski definition) is 2. The Morgan fingerprint density at radius 2 is 2.07 bits per heavy atom. The molecule has 0 saturated carbocycles. The molecule has 3 aromatic heterocycles. The zero-order valence-electron chi connectivity index (χ0n) is 16.4. The Hall–Kier alpha value is -4.01. The van der Waals surface area contributed by atoms with E-state index >= 15 is 0 Å². The van der Waals surface area contributed by atoms with E-state index < -0.39 is 4.92 Å². The SMILES string of the molecule is Cc1cccc(-c2cc3nccn3c(NCCCc3ccc([N+](=O)[O-])c(N)n3)n2)c1. The smallest absolute Gasteiger partial charge is 0.311 e. The van der Waals surface area contributed by atoms with E-state index in [1.54, 1.807) is 12.3 Å². The first-order valence-electron chi connectivity index (χ1n) is 9.56. The van der Waals surface area contributed by atoms with Crippen LogP contribution in [-0.2, 0) is 6.42 Å².